The molecule has 2 heterocycles. The van der Waals surface area contributed by atoms with Gasteiger partial charge < -0.3 is 25.4 Å². The monoisotopic (exact) mass is 439 g/mol. The molecule has 3 N–H and O–H groups in total. The van der Waals surface area contributed by atoms with Gasteiger partial charge in [0.1, 0.15) is 11.5 Å². The van der Waals surface area contributed by atoms with Gasteiger partial charge in [0.25, 0.3) is 5.91 Å². The Hall–Kier alpha value is -4.08. The number of aromatic nitrogens is 2. The van der Waals surface area contributed by atoms with Crippen LogP contribution < -0.4 is 20.5 Å². The van der Waals surface area contributed by atoms with Crippen LogP contribution in [0.2, 0.25) is 0 Å². The normalized spacial score (nSPS) is 12.8. The average molecular weight is 439 g/mol. The van der Waals surface area contributed by atoms with Crippen molar-refractivity contribution in [2.45, 2.75) is 13.1 Å². The van der Waals surface area contributed by atoms with Gasteiger partial charge in [-0.2, -0.15) is 5.10 Å². The lowest BCUT2D eigenvalue weighted by atomic mass is 10.0. The van der Waals surface area contributed by atoms with E-state index in [-0.39, 0.29) is 12.1 Å². The molecule has 1 aliphatic heterocycles. The Morgan fingerprint density at radius 2 is 1.88 bits per heavy atom. The van der Waals surface area contributed by atoms with Crippen molar-refractivity contribution in [3.8, 4) is 22.8 Å². The lowest BCUT2D eigenvalue weighted by Crippen LogP contribution is -2.42. The van der Waals surface area contributed by atoms with Gasteiger partial charge in [0.2, 0.25) is 0 Å². The van der Waals surface area contributed by atoms with Crippen LogP contribution in [0.15, 0.2) is 42.5 Å². The highest BCUT2D eigenvalue weighted by Crippen LogP contribution is 2.32. The molecule has 10 heteroatoms. The van der Waals surface area contributed by atoms with Gasteiger partial charge in [0.15, 0.2) is 11.5 Å². The zero-order chi connectivity index (χ0) is 22.8. The Kier molecular flexibility index (Phi) is 5.67. The van der Waals surface area contributed by atoms with Gasteiger partial charge in [-0.15, -0.1) is 0 Å². The van der Waals surface area contributed by atoms with Crippen molar-refractivity contribution in [2.75, 3.05) is 26.1 Å². The Bertz CT molecular complexity index is 1190. The minimum Gasteiger partial charge on any atom is -0.493 e. The SMILES string of the molecule is COc1ccc(NC(=O)c2c(-c3cccc(F)c3)nn3c2CN(C(N)=O)CC3)cc1OC. The predicted octanol–water partition coefficient (Wildman–Crippen LogP) is 2.85. The second-order valence-corrected chi connectivity index (χ2v) is 7.19. The number of benzene rings is 2. The number of urea groups is 1. The molecule has 0 atom stereocenters. The van der Waals surface area contributed by atoms with E-state index in [0.29, 0.717) is 47.2 Å². The van der Waals surface area contributed by atoms with Crippen LogP contribution in [-0.4, -0.2) is 47.4 Å². The maximum absolute atomic E-state index is 13.9. The third kappa shape index (κ3) is 3.94. The minimum absolute atomic E-state index is 0.117. The Morgan fingerprint density at radius 1 is 1.09 bits per heavy atom. The van der Waals surface area contributed by atoms with Crippen LogP contribution in [0.5, 0.6) is 11.5 Å². The Morgan fingerprint density at radius 3 is 2.56 bits per heavy atom. The molecule has 0 spiro atoms. The first kappa shape index (κ1) is 21.2. The van der Waals surface area contributed by atoms with Gasteiger partial charge in [0, 0.05) is 23.9 Å². The maximum atomic E-state index is 13.9. The zero-order valence-corrected chi connectivity index (χ0v) is 17.6. The van der Waals surface area contributed by atoms with Gasteiger partial charge in [0.05, 0.1) is 38.6 Å². The van der Waals surface area contributed by atoms with E-state index in [2.05, 4.69) is 10.4 Å². The Labute approximate surface area is 183 Å². The third-order valence-corrected chi connectivity index (χ3v) is 5.26. The summed E-state index contributed by atoms with van der Waals surface area (Å²) >= 11 is 0. The summed E-state index contributed by atoms with van der Waals surface area (Å²) in [6, 6.07) is 10.2. The first-order chi connectivity index (χ1) is 15.4. The second kappa shape index (κ2) is 8.58. The summed E-state index contributed by atoms with van der Waals surface area (Å²) in [5.41, 5.74) is 7.47. The number of hydrogen-bond donors (Lipinski definition) is 2. The molecule has 1 aliphatic rings. The van der Waals surface area contributed by atoms with Crippen molar-refractivity contribution in [3.05, 3.63) is 59.5 Å². The number of carbonyl (C=O) groups is 2. The summed E-state index contributed by atoms with van der Waals surface area (Å²) < 4.78 is 26.1. The maximum Gasteiger partial charge on any atom is 0.315 e. The average Bonchev–Trinajstić information content (AvgIpc) is 3.18. The smallest absolute Gasteiger partial charge is 0.315 e. The number of carbonyl (C=O) groups excluding carboxylic acids is 2. The fraction of sp³-hybridized carbons (Fsp3) is 0.227. The number of amides is 3. The largest absolute Gasteiger partial charge is 0.493 e. The highest BCUT2D eigenvalue weighted by atomic mass is 19.1. The molecule has 0 saturated carbocycles. The molecule has 0 fully saturated rings. The Balaban J connectivity index is 1.77. The number of ether oxygens (including phenoxy) is 2. The molecule has 0 saturated heterocycles. The van der Waals surface area contributed by atoms with Crippen LogP contribution in [0, 0.1) is 5.82 Å². The molecule has 3 amide bonds. The standard InChI is InChI=1S/C22H22FN5O4/c1-31-17-7-6-15(11-18(17)32-2)25-21(29)19-16-12-27(22(24)30)8-9-28(16)26-20(19)13-4-3-5-14(23)10-13/h3-7,10-11H,8-9,12H2,1-2H3,(H2,24,30)(H,25,29). The fourth-order valence-corrected chi connectivity index (χ4v) is 3.69. The molecular weight excluding hydrogens is 417 g/mol. The number of rotatable bonds is 5. The number of nitrogens with zero attached hydrogens (tertiary/aromatic N) is 3. The molecule has 1 aromatic heterocycles. The van der Waals surface area contributed by atoms with E-state index in [9.17, 15) is 14.0 Å². The van der Waals surface area contributed by atoms with E-state index in [0.717, 1.165) is 0 Å². The van der Waals surface area contributed by atoms with E-state index in [4.69, 9.17) is 15.2 Å². The minimum atomic E-state index is -0.587. The molecule has 2 aromatic carbocycles. The van der Waals surface area contributed by atoms with Crippen LogP contribution in [0.4, 0.5) is 14.9 Å². The molecule has 3 aromatic rings. The fourth-order valence-electron chi connectivity index (χ4n) is 3.69. The van der Waals surface area contributed by atoms with Crippen molar-refractivity contribution in [2.24, 2.45) is 5.73 Å². The van der Waals surface area contributed by atoms with Gasteiger partial charge in [-0.3, -0.25) is 9.48 Å². The predicted molar refractivity (Wildman–Crippen MR) is 115 cm³/mol. The molecule has 0 radical (unpaired) electrons. The number of hydrogen-bond acceptors (Lipinski definition) is 5. The molecule has 0 bridgehead atoms. The number of methoxy groups -OCH3 is 2. The second-order valence-electron chi connectivity index (χ2n) is 7.19. The van der Waals surface area contributed by atoms with Gasteiger partial charge >= 0.3 is 6.03 Å². The summed E-state index contributed by atoms with van der Waals surface area (Å²) in [7, 11) is 3.02. The van der Waals surface area contributed by atoms with Crippen molar-refractivity contribution in [1.29, 1.82) is 0 Å². The first-order valence-corrected chi connectivity index (χ1v) is 9.84. The van der Waals surface area contributed by atoms with Crippen molar-refractivity contribution in [3.63, 3.8) is 0 Å². The third-order valence-electron chi connectivity index (χ3n) is 5.26. The van der Waals surface area contributed by atoms with Crippen LogP contribution in [0.3, 0.4) is 0 Å². The molecule has 32 heavy (non-hydrogen) atoms. The van der Waals surface area contributed by atoms with E-state index < -0.39 is 17.8 Å². The van der Waals surface area contributed by atoms with Crippen LogP contribution >= 0.6 is 0 Å². The number of nitrogens with one attached hydrogen (secondary N) is 1. The highest BCUT2D eigenvalue weighted by molar-refractivity contribution is 6.09. The summed E-state index contributed by atoms with van der Waals surface area (Å²) in [6.07, 6.45) is 0. The van der Waals surface area contributed by atoms with Crippen molar-refractivity contribution >= 4 is 17.6 Å². The summed E-state index contributed by atoms with van der Waals surface area (Å²) in [5.74, 6) is 0.0705. The quantitative estimate of drug-likeness (QED) is 0.635. The van der Waals surface area contributed by atoms with Gasteiger partial charge in [-0.1, -0.05) is 12.1 Å². The first-order valence-electron chi connectivity index (χ1n) is 9.84. The van der Waals surface area contributed by atoms with Crippen LogP contribution in [0.1, 0.15) is 16.1 Å². The summed E-state index contributed by atoms with van der Waals surface area (Å²) in [4.78, 5) is 26.6. The van der Waals surface area contributed by atoms with Crippen LogP contribution in [0.25, 0.3) is 11.3 Å². The highest BCUT2D eigenvalue weighted by Gasteiger charge is 2.30. The summed E-state index contributed by atoms with van der Waals surface area (Å²) in [5, 5.41) is 7.38. The number of primary amides is 1. The van der Waals surface area contributed by atoms with E-state index >= 15 is 0 Å². The summed E-state index contributed by atoms with van der Waals surface area (Å²) in [6.45, 7) is 0.847. The van der Waals surface area contributed by atoms with Crippen molar-refractivity contribution in [1.82, 2.24) is 14.7 Å². The lowest BCUT2D eigenvalue weighted by Gasteiger charge is -2.26. The molecule has 9 nitrogen and oxygen atoms in total. The van der Waals surface area contributed by atoms with E-state index in [1.807, 2.05) is 0 Å². The van der Waals surface area contributed by atoms with Crippen LogP contribution in [-0.2, 0) is 13.1 Å². The zero-order valence-electron chi connectivity index (χ0n) is 17.6. The van der Waals surface area contributed by atoms with Crippen molar-refractivity contribution < 1.29 is 23.5 Å². The van der Waals surface area contributed by atoms with Gasteiger partial charge in [-0.25, -0.2) is 9.18 Å². The van der Waals surface area contributed by atoms with E-state index in [1.54, 1.807) is 35.0 Å². The number of anilines is 1. The molecule has 4 rings (SSSR count). The number of nitrogens with two attached hydrogens (primary N) is 1. The molecular formula is C22H22FN5O4. The molecule has 166 valence electrons. The van der Waals surface area contributed by atoms with Gasteiger partial charge in [-0.05, 0) is 24.3 Å². The topological polar surface area (TPSA) is 112 Å². The molecule has 0 unspecified atom stereocenters. The lowest BCUT2D eigenvalue weighted by molar-refractivity contribution is 0.102. The molecule has 0 aliphatic carbocycles. The number of fused-ring (bicyclic) bond motifs is 1. The van der Waals surface area contributed by atoms with E-state index in [1.165, 1.54) is 31.3 Å². The number of halogens is 1.